The molecule has 0 amide bonds. The molecule has 0 radical (unpaired) electrons. The number of non-ortho nitro benzene ring substituents is 1. The highest BCUT2D eigenvalue weighted by atomic mass is 32.2. The van der Waals surface area contributed by atoms with Gasteiger partial charge in [0.25, 0.3) is 5.69 Å². The van der Waals surface area contributed by atoms with E-state index in [0.29, 0.717) is 0 Å². The molecular weight excluding hydrogens is 208 g/mol. The maximum Gasteiger partial charge on any atom is 0.271 e. The van der Waals surface area contributed by atoms with Crippen molar-refractivity contribution in [1.82, 2.24) is 0 Å². The predicted molar refractivity (Wildman–Crippen MR) is 45.0 cm³/mol. The van der Waals surface area contributed by atoms with Gasteiger partial charge >= 0.3 is 0 Å². The molecule has 0 bridgehead atoms. The van der Waals surface area contributed by atoms with E-state index >= 15 is 0 Å². The molecule has 1 rings (SSSR count). The first-order chi connectivity index (χ1) is 6.54. The van der Waals surface area contributed by atoms with Gasteiger partial charge < -0.3 is 4.55 Å². The minimum atomic E-state index is -2.57. The number of nitro groups is 1. The molecule has 0 spiro atoms. The number of nitriles is 1. The maximum absolute atomic E-state index is 10.5. The van der Waals surface area contributed by atoms with Crippen LogP contribution >= 0.6 is 0 Å². The second-order valence-corrected chi connectivity index (χ2v) is 3.26. The van der Waals surface area contributed by atoms with Gasteiger partial charge in [-0.1, -0.05) is 0 Å². The van der Waals surface area contributed by atoms with Crippen molar-refractivity contribution in [3.8, 4) is 6.07 Å². The van der Waals surface area contributed by atoms with Crippen molar-refractivity contribution in [2.75, 3.05) is 0 Å². The van der Waals surface area contributed by atoms with Crippen LogP contribution < -0.4 is 0 Å². The molecule has 7 heteroatoms. The van der Waals surface area contributed by atoms with E-state index in [1.54, 1.807) is 6.07 Å². The Kier molecular flexibility index (Phi) is 2.91. The standard InChI is InChI=1S/C7H4N2O4S/c8-4-5-1-6(9(10)11)3-7(2-5)14(12)13/h1-3H,(H,12,13)/p-1. The van der Waals surface area contributed by atoms with Crippen LogP contribution in [0.25, 0.3) is 0 Å². The highest BCUT2D eigenvalue weighted by molar-refractivity contribution is 7.79. The van der Waals surface area contributed by atoms with Crippen LogP contribution in [0.5, 0.6) is 0 Å². The maximum atomic E-state index is 10.5. The molecule has 0 saturated carbocycles. The lowest BCUT2D eigenvalue weighted by Gasteiger charge is -2.04. The van der Waals surface area contributed by atoms with Crippen molar-refractivity contribution >= 4 is 16.8 Å². The van der Waals surface area contributed by atoms with E-state index in [4.69, 9.17) is 5.26 Å². The SMILES string of the molecule is N#Cc1cc([N+](=O)[O-])cc(S(=O)[O-])c1. The number of rotatable bonds is 2. The zero-order chi connectivity index (χ0) is 10.7. The Morgan fingerprint density at radius 3 is 2.50 bits per heavy atom. The number of hydrogen-bond donors (Lipinski definition) is 0. The van der Waals surface area contributed by atoms with E-state index in [0.717, 1.165) is 18.2 Å². The van der Waals surface area contributed by atoms with Gasteiger partial charge in [0.1, 0.15) is 0 Å². The Bertz CT molecular complexity index is 419. The average Bonchev–Trinajstić information content (AvgIpc) is 2.16. The van der Waals surface area contributed by atoms with Gasteiger partial charge in [0.2, 0.25) is 0 Å². The average molecular weight is 211 g/mol. The molecule has 0 heterocycles. The minimum Gasteiger partial charge on any atom is -0.768 e. The fourth-order valence-corrected chi connectivity index (χ4v) is 1.29. The minimum absolute atomic E-state index is 0.0570. The number of benzene rings is 1. The summed E-state index contributed by atoms with van der Waals surface area (Å²) in [5.74, 6) is 0. The van der Waals surface area contributed by atoms with Crippen LogP contribution in [-0.4, -0.2) is 13.7 Å². The molecule has 72 valence electrons. The monoisotopic (exact) mass is 211 g/mol. The third-order valence-electron chi connectivity index (χ3n) is 1.42. The van der Waals surface area contributed by atoms with Crippen LogP contribution in [0.15, 0.2) is 23.1 Å². The summed E-state index contributed by atoms with van der Waals surface area (Å²) in [6.07, 6.45) is 0. The van der Waals surface area contributed by atoms with Gasteiger partial charge in [-0.25, -0.2) is 0 Å². The van der Waals surface area contributed by atoms with Crippen LogP contribution in [0.2, 0.25) is 0 Å². The third kappa shape index (κ3) is 2.12. The van der Waals surface area contributed by atoms with Crippen molar-refractivity contribution in [1.29, 1.82) is 5.26 Å². The van der Waals surface area contributed by atoms with Gasteiger partial charge in [-0.15, -0.1) is 0 Å². The number of nitrogens with zero attached hydrogens (tertiary/aromatic N) is 2. The Morgan fingerprint density at radius 2 is 2.07 bits per heavy atom. The summed E-state index contributed by atoms with van der Waals surface area (Å²) in [7, 11) is 0. The van der Waals surface area contributed by atoms with Crippen molar-refractivity contribution < 1.29 is 13.7 Å². The van der Waals surface area contributed by atoms with Crippen LogP contribution in [0.1, 0.15) is 5.56 Å². The van der Waals surface area contributed by atoms with Crippen molar-refractivity contribution in [3.05, 3.63) is 33.9 Å². The normalized spacial score (nSPS) is 11.7. The summed E-state index contributed by atoms with van der Waals surface area (Å²) < 4.78 is 21.0. The Morgan fingerprint density at radius 1 is 1.43 bits per heavy atom. The zero-order valence-electron chi connectivity index (χ0n) is 6.67. The van der Waals surface area contributed by atoms with Gasteiger partial charge in [-0.2, -0.15) is 5.26 Å². The van der Waals surface area contributed by atoms with Gasteiger partial charge in [0.05, 0.1) is 16.6 Å². The summed E-state index contributed by atoms with van der Waals surface area (Å²) in [6.45, 7) is 0. The molecule has 0 aromatic heterocycles. The molecule has 0 N–H and O–H groups in total. The first-order valence-electron chi connectivity index (χ1n) is 3.33. The van der Waals surface area contributed by atoms with E-state index in [-0.39, 0.29) is 10.5 Å². The van der Waals surface area contributed by atoms with Crippen molar-refractivity contribution in [2.24, 2.45) is 0 Å². The highest BCUT2D eigenvalue weighted by Gasteiger charge is 2.09. The smallest absolute Gasteiger partial charge is 0.271 e. The van der Waals surface area contributed by atoms with Gasteiger partial charge in [-0.3, -0.25) is 14.3 Å². The molecule has 1 atom stereocenters. The Labute approximate surface area is 81.2 Å². The van der Waals surface area contributed by atoms with Crippen molar-refractivity contribution in [2.45, 2.75) is 4.90 Å². The van der Waals surface area contributed by atoms with E-state index in [1.165, 1.54) is 0 Å². The van der Waals surface area contributed by atoms with E-state index in [2.05, 4.69) is 0 Å². The molecule has 14 heavy (non-hydrogen) atoms. The lowest BCUT2D eigenvalue weighted by atomic mass is 10.2. The largest absolute Gasteiger partial charge is 0.768 e. The van der Waals surface area contributed by atoms with Gasteiger partial charge in [0.15, 0.2) is 0 Å². The molecule has 0 aliphatic heterocycles. The lowest BCUT2D eigenvalue weighted by molar-refractivity contribution is -0.385. The van der Waals surface area contributed by atoms with Crippen molar-refractivity contribution in [3.63, 3.8) is 0 Å². The Hall–Kier alpha value is -1.78. The molecule has 0 saturated heterocycles. The summed E-state index contributed by atoms with van der Waals surface area (Å²) in [4.78, 5) is 9.32. The second-order valence-electron chi connectivity index (χ2n) is 2.32. The zero-order valence-corrected chi connectivity index (χ0v) is 7.48. The molecule has 1 unspecified atom stereocenters. The van der Waals surface area contributed by atoms with Gasteiger partial charge in [-0.05, 0) is 17.1 Å². The summed E-state index contributed by atoms with van der Waals surface area (Å²) in [5.41, 5.74) is -0.471. The molecule has 6 nitrogen and oxygen atoms in total. The molecule has 0 aliphatic carbocycles. The third-order valence-corrected chi connectivity index (χ3v) is 2.04. The number of nitro benzene ring substituents is 1. The number of hydrogen-bond acceptors (Lipinski definition) is 5. The van der Waals surface area contributed by atoms with Crippen LogP contribution in [-0.2, 0) is 11.1 Å². The fraction of sp³-hybridized carbons (Fsp3) is 0. The van der Waals surface area contributed by atoms with Crippen LogP contribution in [0.4, 0.5) is 5.69 Å². The second kappa shape index (κ2) is 3.95. The summed E-state index contributed by atoms with van der Waals surface area (Å²) in [6, 6.07) is 4.61. The van der Waals surface area contributed by atoms with E-state index < -0.39 is 21.7 Å². The summed E-state index contributed by atoms with van der Waals surface area (Å²) in [5, 5.41) is 18.8. The Balaban J connectivity index is 3.36. The summed E-state index contributed by atoms with van der Waals surface area (Å²) >= 11 is -2.57. The topological polar surface area (TPSA) is 107 Å². The lowest BCUT2D eigenvalue weighted by Crippen LogP contribution is -1.94. The molecule has 0 aliphatic rings. The highest BCUT2D eigenvalue weighted by Crippen LogP contribution is 2.18. The van der Waals surface area contributed by atoms with E-state index in [1.807, 2.05) is 0 Å². The molecule has 1 aromatic carbocycles. The van der Waals surface area contributed by atoms with Crippen LogP contribution in [0, 0.1) is 21.4 Å². The fourth-order valence-electron chi connectivity index (χ4n) is 0.850. The van der Waals surface area contributed by atoms with Crippen LogP contribution in [0.3, 0.4) is 0 Å². The first-order valence-corrected chi connectivity index (χ1v) is 4.41. The quantitative estimate of drug-likeness (QED) is 0.406. The van der Waals surface area contributed by atoms with Gasteiger partial charge in [0, 0.05) is 17.0 Å². The molecule has 0 fully saturated rings. The molecular formula is C7H3N2O4S-. The first kappa shape index (κ1) is 10.3. The predicted octanol–water partition coefficient (Wildman–Crippen LogP) is 0.704. The molecule has 1 aromatic rings. The van der Waals surface area contributed by atoms with E-state index in [9.17, 15) is 18.9 Å².